The fourth-order valence-electron chi connectivity index (χ4n) is 3.39. The molecule has 1 saturated carbocycles. The van der Waals surface area contributed by atoms with Gasteiger partial charge < -0.3 is 9.80 Å². The number of rotatable bonds is 8. The van der Waals surface area contributed by atoms with E-state index in [1.165, 1.54) is 65.0 Å². The van der Waals surface area contributed by atoms with E-state index in [9.17, 15) is 0 Å². The van der Waals surface area contributed by atoms with Crippen molar-refractivity contribution >= 4 is 0 Å². The molecule has 108 valence electrons. The van der Waals surface area contributed by atoms with Crippen LogP contribution in [0, 0.1) is 11.8 Å². The molecule has 0 saturated heterocycles. The molecule has 1 aliphatic carbocycles. The van der Waals surface area contributed by atoms with Gasteiger partial charge in [0.2, 0.25) is 0 Å². The van der Waals surface area contributed by atoms with Gasteiger partial charge in [-0.25, -0.2) is 0 Å². The van der Waals surface area contributed by atoms with Crippen LogP contribution in [0.25, 0.3) is 0 Å². The molecule has 2 nitrogen and oxygen atoms in total. The van der Waals surface area contributed by atoms with Crippen LogP contribution in [0.3, 0.4) is 0 Å². The van der Waals surface area contributed by atoms with Gasteiger partial charge in [-0.15, -0.1) is 0 Å². The Morgan fingerprint density at radius 2 is 1.00 bits per heavy atom. The van der Waals surface area contributed by atoms with Crippen LogP contribution in [0.2, 0.25) is 0 Å². The third-order valence-electron chi connectivity index (χ3n) is 4.84. The van der Waals surface area contributed by atoms with Crippen molar-refractivity contribution in [3.63, 3.8) is 0 Å². The van der Waals surface area contributed by atoms with Crippen LogP contribution in [-0.4, -0.2) is 49.1 Å². The summed E-state index contributed by atoms with van der Waals surface area (Å²) in [5, 5.41) is 0. The van der Waals surface area contributed by atoms with Crippen molar-refractivity contribution in [2.24, 2.45) is 11.8 Å². The van der Waals surface area contributed by atoms with E-state index in [2.05, 4.69) is 37.5 Å². The lowest BCUT2D eigenvalue weighted by molar-refractivity contribution is 0.121. The van der Waals surface area contributed by atoms with Gasteiger partial charge in [-0.1, -0.05) is 40.5 Å². The van der Waals surface area contributed by atoms with Crippen LogP contribution in [0.5, 0.6) is 0 Å². The molecule has 0 amide bonds. The molecule has 2 heteroatoms. The van der Waals surface area contributed by atoms with E-state index in [-0.39, 0.29) is 0 Å². The molecule has 18 heavy (non-hydrogen) atoms. The van der Waals surface area contributed by atoms with E-state index >= 15 is 0 Å². The summed E-state index contributed by atoms with van der Waals surface area (Å²) in [5.74, 6) is 1.89. The van der Waals surface area contributed by atoms with E-state index in [1.807, 2.05) is 0 Å². The average molecular weight is 254 g/mol. The fourth-order valence-corrected chi connectivity index (χ4v) is 3.39. The summed E-state index contributed by atoms with van der Waals surface area (Å²) in [6.45, 7) is 16.7. The summed E-state index contributed by atoms with van der Waals surface area (Å²) in [6.07, 6.45) is 5.84. The van der Waals surface area contributed by atoms with Crippen LogP contribution in [0.1, 0.15) is 53.4 Å². The highest BCUT2D eigenvalue weighted by atomic mass is 15.1. The third kappa shape index (κ3) is 4.89. The minimum Gasteiger partial charge on any atom is -0.304 e. The lowest BCUT2D eigenvalue weighted by Crippen LogP contribution is -2.39. The van der Waals surface area contributed by atoms with Gasteiger partial charge in [-0.05, 0) is 50.9 Å². The van der Waals surface area contributed by atoms with Crippen LogP contribution < -0.4 is 0 Å². The SMILES string of the molecule is CCN(CC)C[C@H]1CCCC[C@H]1CN(CC)CC. The van der Waals surface area contributed by atoms with Crippen LogP contribution in [-0.2, 0) is 0 Å². The molecule has 0 radical (unpaired) electrons. The van der Waals surface area contributed by atoms with E-state index < -0.39 is 0 Å². The Labute approximate surface area is 115 Å². The number of nitrogens with zero attached hydrogens (tertiary/aromatic N) is 2. The molecular weight excluding hydrogens is 220 g/mol. The zero-order chi connectivity index (χ0) is 13.4. The van der Waals surface area contributed by atoms with Crippen molar-refractivity contribution in [2.75, 3.05) is 39.3 Å². The molecule has 1 fully saturated rings. The monoisotopic (exact) mass is 254 g/mol. The molecule has 0 aromatic rings. The van der Waals surface area contributed by atoms with Crippen molar-refractivity contribution in [1.82, 2.24) is 9.80 Å². The van der Waals surface area contributed by atoms with Gasteiger partial charge in [0.1, 0.15) is 0 Å². The Morgan fingerprint density at radius 3 is 1.28 bits per heavy atom. The second kappa shape index (κ2) is 8.92. The first-order valence-corrected chi connectivity index (χ1v) is 8.19. The lowest BCUT2D eigenvalue weighted by atomic mass is 9.78. The van der Waals surface area contributed by atoms with E-state index in [1.54, 1.807) is 0 Å². The Morgan fingerprint density at radius 1 is 0.667 bits per heavy atom. The normalized spacial score (nSPS) is 25.0. The second-order valence-corrected chi connectivity index (χ2v) is 5.78. The largest absolute Gasteiger partial charge is 0.304 e. The molecule has 0 aliphatic heterocycles. The van der Waals surface area contributed by atoms with Crippen molar-refractivity contribution in [2.45, 2.75) is 53.4 Å². The van der Waals surface area contributed by atoms with Gasteiger partial charge >= 0.3 is 0 Å². The van der Waals surface area contributed by atoms with Crippen LogP contribution in [0.15, 0.2) is 0 Å². The van der Waals surface area contributed by atoms with Crippen molar-refractivity contribution in [3.05, 3.63) is 0 Å². The number of hydrogen-bond acceptors (Lipinski definition) is 2. The molecule has 0 bridgehead atoms. The molecule has 0 unspecified atom stereocenters. The fraction of sp³-hybridized carbons (Fsp3) is 1.00. The Bertz CT molecular complexity index is 175. The molecule has 2 atom stereocenters. The zero-order valence-electron chi connectivity index (χ0n) is 13.1. The van der Waals surface area contributed by atoms with E-state index in [4.69, 9.17) is 0 Å². The Kier molecular flexibility index (Phi) is 7.92. The quantitative estimate of drug-likeness (QED) is 0.654. The van der Waals surface area contributed by atoms with Crippen molar-refractivity contribution in [1.29, 1.82) is 0 Å². The summed E-state index contributed by atoms with van der Waals surface area (Å²) >= 11 is 0. The topological polar surface area (TPSA) is 6.48 Å². The van der Waals surface area contributed by atoms with Gasteiger partial charge in [0.05, 0.1) is 0 Å². The first kappa shape index (κ1) is 16.0. The first-order valence-electron chi connectivity index (χ1n) is 8.19. The first-order chi connectivity index (χ1) is 8.74. The molecule has 0 aromatic carbocycles. The van der Waals surface area contributed by atoms with Gasteiger partial charge in [0.25, 0.3) is 0 Å². The lowest BCUT2D eigenvalue weighted by Gasteiger charge is -2.37. The average Bonchev–Trinajstić information content (AvgIpc) is 2.43. The maximum absolute atomic E-state index is 2.62. The third-order valence-corrected chi connectivity index (χ3v) is 4.84. The van der Waals surface area contributed by atoms with Crippen LogP contribution in [0.4, 0.5) is 0 Å². The van der Waals surface area contributed by atoms with E-state index in [0.29, 0.717) is 0 Å². The summed E-state index contributed by atoms with van der Waals surface area (Å²) in [5.41, 5.74) is 0. The van der Waals surface area contributed by atoms with Gasteiger partial charge in [-0.2, -0.15) is 0 Å². The van der Waals surface area contributed by atoms with E-state index in [0.717, 1.165) is 11.8 Å². The van der Waals surface area contributed by atoms with Gasteiger partial charge in [0.15, 0.2) is 0 Å². The van der Waals surface area contributed by atoms with Gasteiger partial charge in [0, 0.05) is 13.1 Å². The highest BCUT2D eigenvalue weighted by Crippen LogP contribution is 2.31. The molecule has 1 rings (SSSR count). The maximum Gasteiger partial charge on any atom is 0.00126 e. The minimum absolute atomic E-state index is 0.944. The summed E-state index contributed by atoms with van der Waals surface area (Å²) in [6, 6.07) is 0. The predicted molar refractivity (Wildman–Crippen MR) is 81.0 cm³/mol. The Balaban J connectivity index is 2.50. The van der Waals surface area contributed by atoms with Crippen molar-refractivity contribution in [3.8, 4) is 0 Å². The van der Waals surface area contributed by atoms with Gasteiger partial charge in [-0.3, -0.25) is 0 Å². The highest BCUT2D eigenvalue weighted by Gasteiger charge is 2.27. The molecule has 0 spiro atoms. The summed E-state index contributed by atoms with van der Waals surface area (Å²) < 4.78 is 0. The molecule has 1 aliphatic rings. The summed E-state index contributed by atoms with van der Waals surface area (Å²) in [7, 11) is 0. The highest BCUT2D eigenvalue weighted by molar-refractivity contribution is 4.80. The summed E-state index contributed by atoms with van der Waals surface area (Å²) in [4.78, 5) is 5.23. The predicted octanol–water partition coefficient (Wildman–Crippen LogP) is 3.48. The molecule has 0 heterocycles. The minimum atomic E-state index is 0.944. The number of hydrogen-bond donors (Lipinski definition) is 0. The maximum atomic E-state index is 2.62. The second-order valence-electron chi connectivity index (χ2n) is 5.78. The molecule has 0 N–H and O–H groups in total. The molecule has 0 aromatic heterocycles. The van der Waals surface area contributed by atoms with Crippen LogP contribution >= 0.6 is 0 Å². The Hall–Kier alpha value is -0.0800. The zero-order valence-corrected chi connectivity index (χ0v) is 13.1. The smallest absolute Gasteiger partial charge is 0.00126 e. The standard InChI is InChI=1S/C16H34N2/c1-5-17(6-2)13-15-11-9-10-12-16(15)14-18(7-3)8-4/h15-16H,5-14H2,1-4H3/t15-,16+. The van der Waals surface area contributed by atoms with Crippen molar-refractivity contribution < 1.29 is 0 Å². The molecular formula is C16H34N2.